The Kier molecular flexibility index (Phi) is 3.06. The number of aromatic nitrogens is 4. The second kappa shape index (κ2) is 4.57. The SMILES string of the molecule is CCn1c(-c2cc(C(F)(F)F)nn2C)nc2c1CN(O)C2. The lowest BCUT2D eigenvalue weighted by Gasteiger charge is -2.10. The van der Waals surface area contributed by atoms with Gasteiger partial charge >= 0.3 is 6.18 Å². The van der Waals surface area contributed by atoms with Gasteiger partial charge in [-0.3, -0.25) is 4.68 Å². The number of alkyl halides is 3. The topological polar surface area (TPSA) is 59.1 Å². The molecule has 2 aromatic heterocycles. The Morgan fingerprint density at radius 2 is 2.05 bits per heavy atom. The van der Waals surface area contributed by atoms with Crippen LogP contribution in [0.15, 0.2) is 6.07 Å². The van der Waals surface area contributed by atoms with Crippen molar-refractivity contribution < 1.29 is 18.4 Å². The van der Waals surface area contributed by atoms with Gasteiger partial charge in [0.1, 0.15) is 5.69 Å². The summed E-state index contributed by atoms with van der Waals surface area (Å²) in [7, 11) is 1.46. The number of hydrogen-bond donors (Lipinski definition) is 1. The minimum Gasteiger partial charge on any atom is -0.325 e. The third-order valence-electron chi connectivity index (χ3n) is 3.54. The van der Waals surface area contributed by atoms with Crippen LogP contribution in [0, 0.1) is 0 Å². The summed E-state index contributed by atoms with van der Waals surface area (Å²) in [4.78, 5) is 4.37. The minimum absolute atomic E-state index is 0.277. The van der Waals surface area contributed by atoms with Crippen LogP contribution in [0.4, 0.5) is 13.2 Å². The van der Waals surface area contributed by atoms with Crippen LogP contribution >= 0.6 is 0 Å². The summed E-state index contributed by atoms with van der Waals surface area (Å²) in [6.07, 6.45) is -4.48. The molecule has 0 aliphatic carbocycles. The van der Waals surface area contributed by atoms with Gasteiger partial charge in [-0.05, 0) is 13.0 Å². The van der Waals surface area contributed by atoms with E-state index >= 15 is 0 Å². The summed E-state index contributed by atoms with van der Waals surface area (Å²) in [6, 6.07) is 1.00. The molecule has 2 aromatic rings. The van der Waals surface area contributed by atoms with Gasteiger partial charge in [-0.25, -0.2) is 4.98 Å². The molecular weight excluding hydrogens is 287 g/mol. The van der Waals surface area contributed by atoms with Gasteiger partial charge in [0.15, 0.2) is 11.5 Å². The van der Waals surface area contributed by atoms with Crippen LogP contribution in [0.2, 0.25) is 0 Å². The molecule has 0 unspecified atom stereocenters. The highest BCUT2D eigenvalue weighted by atomic mass is 19.4. The molecule has 1 N–H and O–H groups in total. The number of nitrogens with zero attached hydrogens (tertiary/aromatic N) is 5. The largest absolute Gasteiger partial charge is 0.435 e. The molecule has 1 aliphatic rings. The van der Waals surface area contributed by atoms with Gasteiger partial charge in [-0.2, -0.15) is 23.3 Å². The summed E-state index contributed by atoms with van der Waals surface area (Å²) in [5.41, 5.74) is 0.881. The first-order valence-corrected chi connectivity index (χ1v) is 6.45. The predicted molar refractivity (Wildman–Crippen MR) is 66.1 cm³/mol. The zero-order valence-corrected chi connectivity index (χ0v) is 11.5. The van der Waals surface area contributed by atoms with Crippen LogP contribution in [0.3, 0.4) is 0 Å². The fourth-order valence-electron chi connectivity index (χ4n) is 2.59. The van der Waals surface area contributed by atoms with E-state index in [1.165, 1.54) is 11.7 Å². The number of rotatable bonds is 2. The van der Waals surface area contributed by atoms with E-state index in [4.69, 9.17) is 0 Å². The van der Waals surface area contributed by atoms with Gasteiger partial charge in [-0.1, -0.05) is 0 Å². The van der Waals surface area contributed by atoms with Crippen LogP contribution in [0.1, 0.15) is 24.0 Å². The van der Waals surface area contributed by atoms with Crippen molar-refractivity contribution in [1.29, 1.82) is 0 Å². The van der Waals surface area contributed by atoms with Crippen LogP contribution in [-0.2, 0) is 32.9 Å². The molecule has 0 spiro atoms. The third-order valence-corrected chi connectivity index (χ3v) is 3.54. The molecule has 114 valence electrons. The molecule has 0 bridgehead atoms. The van der Waals surface area contributed by atoms with Crippen molar-refractivity contribution in [3.8, 4) is 11.5 Å². The first kappa shape index (κ1) is 14.1. The van der Waals surface area contributed by atoms with E-state index in [-0.39, 0.29) is 6.54 Å². The van der Waals surface area contributed by atoms with E-state index < -0.39 is 11.9 Å². The van der Waals surface area contributed by atoms with E-state index in [0.717, 1.165) is 16.8 Å². The Bertz CT molecular complexity index is 688. The number of fused-ring (bicyclic) bond motifs is 1. The van der Waals surface area contributed by atoms with Gasteiger partial charge in [0, 0.05) is 13.6 Å². The van der Waals surface area contributed by atoms with Gasteiger partial charge in [0.05, 0.1) is 24.5 Å². The number of halogens is 3. The molecule has 9 heteroatoms. The second-order valence-corrected chi connectivity index (χ2v) is 4.93. The molecule has 0 atom stereocenters. The van der Waals surface area contributed by atoms with Crippen molar-refractivity contribution in [2.45, 2.75) is 32.7 Å². The highest BCUT2D eigenvalue weighted by molar-refractivity contribution is 5.54. The summed E-state index contributed by atoms with van der Waals surface area (Å²) >= 11 is 0. The number of hydroxylamine groups is 2. The highest BCUT2D eigenvalue weighted by Gasteiger charge is 2.36. The van der Waals surface area contributed by atoms with Gasteiger partial charge in [0.25, 0.3) is 0 Å². The van der Waals surface area contributed by atoms with Gasteiger partial charge < -0.3 is 9.77 Å². The lowest BCUT2D eigenvalue weighted by atomic mass is 10.3. The molecule has 0 aromatic carbocycles. The van der Waals surface area contributed by atoms with Crippen molar-refractivity contribution in [1.82, 2.24) is 24.4 Å². The lowest BCUT2D eigenvalue weighted by Crippen LogP contribution is -2.13. The molecule has 0 saturated heterocycles. The van der Waals surface area contributed by atoms with Crippen molar-refractivity contribution in [2.24, 2.45) is 7.05 Å². The molecule has 3 rings (SSSR count). The van der Waals surface area contributed by atoms with Crippen LogP contribution in [0.5, 0.6) is 0 Å². The molecule has 0 saturated carbocycles. The van der Waals surface area contributed by atoms with Crippen molar-refractivity contribution in [2.75, 3.05) is 0 Å². The van der Waals surface area contributed by atoms with Gasteiger partial charge in [-0.15, -0.1) is 0 Å². The standard InChI is InChI=1S/C12H14F3N5O/c1-3-20-9-6-19(21)5-7(9)16-11(20)8-4-10(12(13,14)15)17-18(8)2/h4,21H,3,5-6H2,1-2H3. The zero-order valence-electron chi connectivity index (χ0n) is 11.5. The molecule has 0 fully saturated rings. The minimum atomic E-state index is -4.48. The summed E-state index contributed by atoms with van der Waals surface area (Å²) < 4.78 is 41.2. The number of hydrogen-bond acceptors (Lipinski definition) is 4. The average Bonchev–Trinajstić information content (AvgIpc) is 2.99. The molecule has 21 heavy (non-hydrogen) atoms. The molecular formula is C12H14F3N5O. The maximum absolute atomic E-state index is 12.7. The van der Waals surface area contributed by atoms with Crippen molar-refractivity contribution >= 4 is 0 Å². The fraction of sp³-hybridized carbons (Fsp3) is 0.500. The maximum Gasteiger partial charge on any atom is 0.435 e. The molecule has 0 amide bonds. The van der Waals surface area contributed by atoms with E-state index in [1.54, 1.807) is 0 Å². The lowest BCUT2D eigenvalue weighted by molar-refractivity contribution is -0.141. The summed E-state index contributed by atoms with van der Waals surface area (Å²) in [5.74, 6) is 0.445. The molecule has 6 nitrogen and oxygen atoms in total. The second-order valence-electron chi connectivity index (χ2n) is 4.93. The predicted octanol–water partition coefficient (Wildman–Crippen LogP) is 2.03. The van der Waals surface area contributed by atoms with Crippen LogP contribution in [0.25, 0.3) is 11.5 Å². The Balaban J connectivity index is 2.10. The monoisotopic (exact) mass is 301 g/mol. The number of imidazole rings is 1. The van der Waals surface area contributed by atoms with E-state index in [9.17, 15) is 18.4 Å². The third kappa shape index (κ3) is 2.22. The van der Waals surface area contributed by atoms with Gasteiger partial charge in [0.2, 0.25) is 0 Å². The maximum atomic E-state index is 12.7. The quantitative estimate of drug-likeness (QED) is 0.922. The Hall–Kier alpha value is -1.87. The Morgan fingerprint density at radius 3 is 2.62 bits per heavy atom. The van der Waals surface area contributed by atoms with Crippen molar-refractivity contribution in [3.63, 3.8) is 0 Å². The molecule has 0 radical (unpaired) electrons. The fourth-order valence-corrected chi connectivity index (χ4v) is 2.59. The highest BCUT2D eigenvalue weighted by Crippen LogP contribution is 2.33. The molecule has 3 heterocycles. The van der Waals surface area contributed by atoms with Crippen LogP contribution < -0.4 is 0 Å². The van der Waals surface area contributed by atoms with E-state index in [1.807, 2.05) is 11.5 Å². The summed E-state index contributed by atoms with van der Waals surface area (Å²) in [5, 5.41) is 14.1. The van der Waals surface area contributed by atoms with E-state index in [2.05, 4.69) is 10.1 Å². The van der Waals surface area contributed by atoms with Crippen LogP contribution in [-0.4, -0.2) is 29.6 Å². The number of aryl methyl sites for hydroxylation is 1. The first-order chi connectivity index (χ1) is 9.81. The first-order valence-electron chi connectivity index (χ1n) is 6.45. The molecule has 1 aliphatic heterocycles. The average molecular weight is 301 g/mol. The van der Waals surface area contributed by atoms with Crippen molar-refractivity contribution in [3.05, 3.63) is 23.1 Å². The normalized spacial score (nSPS) is 15.7. The summed E-state index contributed by atoms with van der Waals surface area (Å²) in [6.45, 7) is 3.03. The Morgan fingerprint density at radius 1 is 1.33 bits per heavy atom. The zero-order chi connectivity index (χ0) is 15.4. The smallest absolute Gasteiger partial charge is 0.325 e. The van der Waals surface area contributed by atoms with E-state index in [0.29, 0.717) is 30.3 Å². The Labute approximate surface area is 118 Å².